The highest BCUT2D eigenvalue weighted by molar-refractivity contribution is 5.30. The van der Waals surface area contributed by atoms with Gasteiger partial charge in [-0.3, -0.25) is 0 Å². The molecule has 0 radical (unpaired) electrons. The summed E-state index contributed by atoms with van der Waals surface area (Å²) < 4.78 is 12.0. The highest BCUT2D eigenvalue weighted by Crippen LogP contribution is 2.43. The van der Waals surface area contributed by atoms with E-state index in [-0.39, 0.29) is 11.7 Å². The number of ether oxygens (including phenoxy) is 2. The van der Waals surface area contributed by atoms with Gasteiger partial charge >= 0.3 is 0 Å². The molecule has 0 N–H and O–H groups in total. The summed E-state index contributed by atoms with van der Waals surface area (Å²) in [6.45, 7) is 19.2. The minimum absolute atomic E-state index is 0.198. The van der Waals surface area contributed by atoms with Gasteiger partial charge in [0, 0.05) is 0 Å². The van der Waals surface area contributed by atoms with Gasteiger partial charge in [0.15, 0.2) is 6.29 Å². The SMILES string of the molecule is CC1CCC(CCOC(C)Oc2ccc([C@@H](CC(C)(C)C)C(C)(C)C)cc2)CC1. The first-order chi connectivity index (χ1) is 13.4. The van der Waals surface area contributed by atoms with Crippen molar-refractivity contribution in [2.75, 3.05) is 6.61 Å². The summed E-state index contributed by atoms with van der Waals surface area (Å²) >= 11 is 0. The lowest BCUT2D eigenvalue weighted by Gasteiger charge is -2.36. The molecular weight excluding hydrogens is 356 g/mol. The van der Waals surface area contributed by atoms with E-state index in [2.05, 4.69) is 72.7 Å². The van der Waals surface area contributed by atoms with Crippen LogP contribution < -0.4 is 4.74 Å². The fraction of sp³-hybridized carbons (Fsp3) is 0.778. The Bertz CT molecular complexity index is 582. The largest absolute Gasteiger partial charge is 0.465 e. The first-order valence-corrected chi connectivity index (χ1v) is 11.8. The molecule has 0 aromatic heterocycles. The molecule has 1 aliphatic rings. The maximum Gasteiger partial charge on any atom is 0.196 e. The van der Waals surface area contributed by atoms with Crippen LogP contribution in [0.1, 0.15) is 105 Å². The second-order valence-electron chi connectivity index (χ2n) is 11.7. The van der Waals surface area contributed by atoms with Crippen molar-refractivity contribution in [3.63, 3.8) is 0 Å². The van der Waals surface area contributed by atoms with Crippen LogP contribution in [0.15, 0.2) is 24.3 Å². The summed E-state index contributed by atoms with van der Waals surface area (Å²) in [5.74, 6) is 3.19. The predicted molar refractivity (Wildman–Crippen MR) is 124 cm³/mol. The fourth-order valence-electron chi connectivity index (χ4n) is 4.56. The van der Waals surface area contributed by atoms with Crippen molar-refractivity contribution in [1.29, 1.82) is 0 Å². The maximum absolute atomic E-state index is 6.02. The Hall–Kier alpha value is -1.02. The van der Waals surface area contributed by atoms with Gasteiger partial charge in [-0.15, -0.1) is 0 Å². The molecule has 2 heteroatoms. The molecule has 1 aliphatic carbocycles. The van der Waals surface area contributed by atoms with Gasteiger partial charge in [-0.2, -0.15) is 0 Å². The monoisotopic (exact) mass is 402 g/mol. The van der Waals surface area contributed by atoms with Crippen LogP contribution in [-0.2, 0) is 4.74 Å². The van der Waals surface area contributed by atoms with E-state index >= 15 is 0 Å². The van der Waals surface area contributed by atoms with Gasteiger partial charge in [0.2, 0.25) is 0 Å². The molecule has 166 valence electrons. The normalized spacial score (nSPS) is 22.9. The third kappa shape index (κ3) is 8.70. The first kappa shape index (κ1) is 24.3. The van der Waals surface area contributed by atoms with Crippen molar-refractivity contribution in [1.82, 2.24) is 0 Å². The van der Waals surface area contributed by atoms with Crippen LogP contribution in [0.25, 0.3) is 0 Å². The average Bonchev–Trinajstić information content (AvgIpc) is 2.61. The Morgan fingerprint density at radius 3 is 2.03 bits per heavy atom. The van der Waals surface area contributed by atoms with E-state index in [1.54, 1.807) is 0 Å². The van der Waals surface area contributed by atoms with E-state index in [1.165, 1.54) is 44.1 Å². The first-order valence-electron chi connectivity index (χ1n) is 11.8. The van der Waals surface area contributed by atoms with E-state index in [9.17, 15) is 0 Å². The molecule has 0 bridgehead atoms. The maximum atomic E-state index is 6.02. The molecule has 2 atom stereocenters. The van der Waals surface area contributed by atoms with E-state index in [1.807, 2.05) is 6.92 Å². The summed E-state index contributed by atoms with van der Waals surface area (Å²) in [4.78, 5) is 0. The smallest absolute Gasteiger partial charge is 0.196 e. The van der Waals surface area contributed by atoms with Crippen LogP contribution >= 0.6 is 0 Å². The van der Waals surface area contributed by atoms with Crippen LogP contribution in [0, 0.1) is 22.7 Å². The summed E-state index contributed by atoms with van der Waals surface area (Å²) in [5.41, 5.74) is 1.95. The number of hydrogen-bond acceptors (Lipinski definition) is 2. The Balaban J connectivity index is 1.84. The summed E-state index contributed by atoms with van der Waals surface area (Å²) in [7, 11) is 0. The topological polar surface area (TPSA) is 18.5 Å². The molecule has 0 heterocycles. The van der Waals surface area contributed by atoms with Crippen LogP contribution in [0.2, 0.25) is 0 Å². The van der Waals surface area contributed by atoms with Gasteiger partial charge in [0.05, 0.1) is 6.61 Å². The average molecular weight is 403 g/mol. The Morgan fingerprint density at radius 1 is 0.931 bits per heavy atom. The number of rotatable bonds is 8. The van der Waals surface area contributed by atoms with Crippen molar-refractivity contribution in [2.45, 2.75) is 106 Å². The fourth-order valence-corrected chi connectivity index (χ4v) is 4.56. The molecule has 1 aromatic rings. The third-order valence-corrected chi connectivity index (χ3v) is 6.46. The van der Waals surface area contributed by atoms with E-state index in [4.69, 9.17) is 9.47 Å². The van der Waals surface area contributed by atoms with E-state index in [0.717, 1.165) is 24.2 Å². The lowest BCUT2D eigenvalue weighted by molar-refractivity contribution is -0.0714. The molecule has 0 spiro atoms. The van der Waals surface area contributed by atoms with E-state index < -0.39 is 0 Å². The Morgan fingerprint density at radius 2 is 1.52 bits per heavy atom. The zero-order valence-corrected chi connectivity index (χ0v) is 20.4. The molecule has 2 rings (SSSR count). The van der Waals surface area contributed by atoms with Gasteiger partial charge in [-0.1, -0.05) is 86.3 Å². The summed E-state index contributed by atoms with van der Waals surface area (Å²) in [6.07, 6.45) is 7.64. The van der Waals surface area contributed by atoms with Gasteiger partial charge in [0.1, 0.15) is 5.75 Å². The highest BCUT2D eigenvalue weighted by atomic mass is 16.7. The molecule has 1 fully saturated rings. The second kappa shape index (κ2) is 10.3. The molecule has 0 saturated heterocycles. The molecule has 1 unspecified atom stereocenters. The predicted octanol–water partition coefficient (Wildman–Crippen LogP) is 8.21. The molecule has 0 amide bonds. The minimum atomic E-state index is -0.198. The van der Waals surface area contributed by atoms with Crippen molar-refractivity contribution in [3.8, 4) is 5.75 Å². The van der Waals surface area contributed by atoms with Crippen LogP contribution in [0.4, 0.5) is 0 Å². The van der Waals surface area contributed by atoms with Gasteiger partial charge in [0.25, 0.3) is 0 Å². The van der Waals surface area contributed by atoms with E-state index in [0.29, 0.717) is 11.3 Å². The van der Waals surface area contributed by atoms with Crippen LogP contribution in [0.3, 0.4) is 0 Å². The molecule has 1 saturated carbocycles. The molecular formula is C27H46O2. The minimum Gasteiger partial charge on any atom is -0.465 e. The molecule has 1 aromatic carbocycles. The highest BCUT2D eigenvalue weighted by Gasteiger charge is 2.30. The third-order valence-electron chi connectivity index (χ3n) is 6.46. The van der Waals surface area contributed by atoms with Crippen LogP contribution in [-0.4, -0.2) is 12.9 Å². The zero-order chi connectivity index (χ0) is 21.7. The number of benzene rings is 1. The Kier molecular flexibility index (Phi) is 8.64. The van der Waals surface area contributed by atoms with Gasteiger partial charge in [-0.05, 0) is 66.0 Å². The van der Waals surface area contributed by atoms with Crippen molar-refractivity contribution in [2.24, 2.45) is 22.7 Å². The number of hydrogen-bond donors (Lipinski definition) is 0. The standard InChI is InChI=1S/C27H46O2/c1-20-9-11-22(12-10-20)17-18-28-21(2)29-24-15-13-23(14-16-24)25(27(6,7)8)19-26(3,4)5/h13-16,20-22,25H,9-12,17-19H2,1-8H3/t20?,21?,22?,25-/m1/s1. The van der Waals surface area contributed by atoms with Crippen molar-refractivity contribution >= 4 is 0 Å². The second-order valence-corrected chi connectivity index (χ2v) is 11.7. The van der Waals surface area contributed by atoms with Crippen molar-refractivity contribution < 1.29 is 9.47 Å². The molecule has 0 aliphatic heterocycles. The zero-order valence-electron chi connectivity index (χ0n) is 20.4. The van der Waals surface area contributed by atoms with Gasteiger partial charge < -0.3 is 9.47 Å². The molecule has 29 heavy (non-hydrogen) atoms. The van der Waals surface area contributed by atoms with Crippen molar-refractivity contribution in [3.05, 3.63) is 29.8 Å². The summed E-state index contributed by atoms with van der Waals surface area (Å²) in [6, 6.07) is 8.71. The lowest BCUT2D eigenvalue weighted by atomic mass is 9.69. The lowest BCUT2D eigenvalue weighted by Crippen LogP contribution is -2.24. The van der Waals surface area contributed by atoms with Gasteiger partial charge in [-0.25, -0.2) is 0 Å². The van der Waals surface area contributed by atoms with Crippen LogP contribution in [0.5, 0.6) is 5.75 Å². The molecule has 2 nitrogen and oxygen atoms in total. The quantitative estimate of drug-likeness (QED) is 0.408. The summed E-state index contributed by atoms with van der Waals surface area (Å²) in [5, 5.41) is 0. The Labute approximate surface area is 180 Å².